The van der Waals surface area contributed by atoms with E-state index in [9.17, 15) is 14.4 Å². The van der Waals surface area contributed by atoms with Crippen molar-refractivity contribution >= 4 is 17.8 Å². The summed E-state index contributed by atoms with van der Waals surface area (Å²) in [6.07, 6.45) is 2.25. The number of ether oxygens (including phenoxy) is 2. The number of methoxy groups -OCH3 is 1. The Morgan fingerprint density at radius 2 is 2.04 bits per heavy atom. The molecule has 0 heterocycles. The number of benzene rings is 1. The van der Waals surface area contributed by atoms with Gasteiger partial charge in [0.25, 0.3) is 11.8 Å². The van der Waals surface area contributed by atoms with Crippen molar-refractivity contribution in [2.75, 3.05) is 20.3 Å². The van der Waals surface area contributed by atoms with Gasteiger partial charge in [0, 0.05) is 11.6 Å². The van der Waals surface area contributed by atoms with Crippen molar-refractivity contribution < 1.29 is 23.9 Å². The average molecular weight is 334 g/mol. The van der Waals surface area contributed by atoms with Crippen molar-refractivity contribution in [1.82, 2.24) is 10.6 Å². The molecule has 1 saturated carbocycles. The standard InChI is InChI=1S/C17H22N2O5/c1-11(12-6-7-12)19-15(20)10-24-16(21)9-18-17(22)13-4-3-5-14(8-13)23-2/h3-5,8,11-12H,6-7,9-10H2,1-2H3,(H,18,22)(H,19,20)/t11-/m1/s1. The number of esters is 1. The topological polar surface area (TPSA) is 93.7 Å². The molecule has 0 spiro atoms. The minimum atomic E-state index is -0.666. The van der Waals surface area contributed by atoms with Gasteiger partial charge in [0.1, 0.15) is 12.3 Å². The van der Waals surface area contributed by atoms with Crippen molar-refractivity contribution in [3.8, 4) is 5.75 Å². The predicted molar refractivity (Wildman–Crippen MR) is 86.6 cm³/mol. The summed E-state index contributed by atoms with van der Waals surface area (Å²) >= 11 is 0. The summed E-state index contributed by atoms with van der Waals surface area (Å²) in [5.74, 6) is -0.335. The summed E-state index contributed by atoms with van der Waals surface area (Å²) in [7, 11) is 1.50. The summed E-state index contributed by atoms with van der Waals surface area (Å²) in [4.78, 5) is 35.2. The highest BCUT2D eigenvalue weighted by molar-refractivity contribution is 5.96. The van der Waals surface area contributed by atoms with Crippen molar-refractivity contribution in [1.29, 1.82) is 0 Å². The molecule has 2 amide bonds. The SMILES string of the molecule is COc1cccc(C(=O)NCC(=O)OCC(=O)N[C@H](C)C2CC2)c1. The number of amides is 2. The van der Waals surface area contributed by atoms with E-state index in [2.05, 4.69) is 10.6 Å². The summed E-state index contributed by atoms with van der Waals surface area (Å²) in [6, 6.07) is 6.66. The van der Waals surface area contributed by atoms with Gasteiger partial charge in [0.2, 0.25) is 0 Å². The van der Waals surface area contributed by atoms with Crippen molar-refractivity contribution in [2.45, 2.75) is 25.8 Å². The Labute approximate surface area is 140 Å². The molecule has 0 aromatic heterocycles. The Kier molecular flexibility index (Phi) is 6.17. The van der Waals surface area contributed by atoms with Gasteiger partial charge in [-0.25, -0.2) is 0 Å². The van der Waals surface area contributed by atoms with Crippen LogP contribution in [0.4, 0.5) is 0 Å². The molecule has 1 aromatic rings. The molecule has 1 aliphatic rings. The first-order valence-electron chi connectivity index (χ1n) is 7.87. The van der Waals surface area contributed by atoms with Gasteiger partial charge in [-0.3, -0.25) is 14.4 Å². The molecular weight excluding hydrogens is 312 g/mol. The lowest BCUT2D eigenvalue weighted by atomic mass is 10.2. The molecule has 0 aliphatic heterocycles. The largest absolute Gasteiger partial charge is 0.497 e. The minimum Gasteiger partial charge on any atom is -0.497 e. The highest BCUT2D eigenvalue weighted by atomic mass is 16.5. The van der Waals surface area contributed by atoms with Gasteiger partial charge in [-0.05, 0) is 43.9 Å². The predicted octanol–water partition coefficient (Wildman–Crippen LogP) is 0.883. The van der Waals surface area contributed by atoms with Crippen molar-refractivity contribution in [3.05, 3.63) is 29.8 Å². The second-order valence-electron chi connectivity index (χ2n) is 5.77. The monoisotopic (exact) mass is 334 g/mol. The lowest BCUT2D eigenvalue weighted by Crippen LogP contribution is -2.38. The Bertz CT molecular complexity index is 613. The molecule has 1 aliphatic carbocycles. The van der Waals surface area contributed by atoms with Gasteiger partial charge >= 0.3 is 5.97 Å². The van der Waals surface area contributed by atoms with E-state index in [0.717, 1.165) is 12.8 Å². The Morgan fingerprint density at radius 1 is 1.29 bits per heavy atom. The number of carbonyl (C=O) groups excluding carboxylic acids is 3. The maximum absolute atomic E-state index is 11.9. The van der Waals surface area contributed by atoms with E-state index in [1.54, 1.807) is 24.3 Å². The molecule has 130 valence electrons. The van der Waals surface area contributed by atoms with Crippen molar-refractivity contribution in [3.63, 3.8) is 0 Å². The van der Waals surface area contributed by atoms with E-state index < -0.39 is 11.9 Å². The molecule has 1 fully saturated rings. The molecule has 1 atom stereocenters. The second kappa shape index (κ2) is 8.33. The van der Waals surface area contributed by atoms with E-state index >= 15 is 0 Å². The quantitative estimate of drug-likeness (QED) is 0.689. The second-order valence-corrected chi connectivity index (χ2v) is 5.77. The average Bonchev–Trinajstić information content (AvgIpc) is 3.43. The van der Waals surface area contributed by atoms with Gasteiger partial charge in [0.15, 0.2) is 6.61 Å². The van der Waals surface area contributed by atoms with Crippen LogP contribution in [0.5, 0.6) is 5.75 Å². The van der Waals surface area contributed by atoms with Crippen LogP contribution in [-0.4, -0.2) is 44.1 Å². The minimum absolute atomic E-state index is 0.101. The maximum Gasteiger partial charge on any atom is 0.325 e. The van der Waals surface area contributed by atoms with Gasteiger partial charge in [0.05, 0.1) is 7.11 Å². The fourth-order valence-electron chi connectivity index (χ4n) is 2.23. The molecule has 0 bridgehead atoms. The van der Waals surface area contributed by atoms with Gasteiger partial charge in [-0.2, -0.15) is 0 Å². The molecule has 0 saturated heterocycles. The zero-order chi connectivity index (χ0) is 17.5. The lowest BCUT2D eigenvalue weighted by molar-refractivity contribution is -0.147. The van der Waals surface area contributed by atoms with Crippen LogP contribution in [0.2, 0.25) is 0 Å². The molecule has 7 nitrogen and oxygen atoms in total. The van der Waals surface area contributed by atoms with E-state index in [-0.39, 0.29) is 25.1 Å². The molecule has 0 unspecified atom stereocenters. The van der Waals surface area contributed by atoms with Crippen LogP contribution in [0.3, 0.4) is 0 Å². The smallest absolute Gasteiger partial charge is 0.325 e. The summed E-state index contributed by atoms with van der Waals surface area (Å²) in [6.45, 7) is 1.29. The van der Waals surface area contributed by atoms with Crippen molar-refractivity contribution in [2.24, 2.45) is 5.92 Å². The highest BCUT2D eigenvalue weighted by Crippen LogP contribution is 2.32. The van der Waals surface area contributed by atoms with E-state index in [4.69, 9.17) is 9.47 Å². The number of carbonyl (C=O) groups is 3. The normalized spacial score (nSPS) is 14.4. The first-order chi connectivity index (χ1) is 11.5. The van der Waals surface area contributed by atoms with Gasteiger partial charge < -0.3 is 20.1 Å². The summed E-state index contributed by atoms with van der Waals surface area (Å²) in [5.41, 5.74) is 0.373. The van der Waals surface area contributed by atoms with E-state index in [0.29, 0.717) is 17.2 Å². The first-order valence-corrected chi connectivity index (χ1v) is 7.87. The third-order valence-electron chi connectivity index (χ3n) is 3.81. The van der Waals surface area contributed by atoms with Crippen LogP contribution in [0.15, 0.2) is 24.3 Å². The van der Waals surface area contributed by atoms with E-state index in [1.807, 2.05) is 6.92 Å². The molecule has 1 aromatic carbocycles. The molecular formula is C17H22N2O5. The number of nitrogens with one attached hydrogen (secondary N) is 2. The van der Waals surface area contributed by atoms with Crippen LogP contribution in [0.1, 0.15) is 30.1 Å². The fraction of sp³-hybridized carbons (Fsp3) is 0.471. The third kappa shape index (κ3) is 5.57. The zero-order valence-corrected chi connectivity index (χ0v) is 13.8. The molecule has 0 radical (unpaired) electrons. The Balaban J connectivity index is 1.68. The van der Waals surface area contributed by atoms with Crippen LogP contribution in [-0.2, 0) is 14.3 Å². The van der Waals surface area contributed by atoms with Crippen LogP contribution in [0.25, 0.3) is 0 Å². The van der Waals surface area contributed by atoms with E-state index in [1.165, 1.54) is 7.11 Å². The number of hydrogen-bond acceptors (Lipinski definition) is 5. The molecule has 2 N–H and O–H groups in total. The summed E-state index contributed by atoms with van der Waals surface area (Å²) in [5, 5.41) is 5.23. The first kappa shape index (κ1) is 17.8. The third-order valence-corrected chi connectivity index (χ3v) is 3.81. The number of hydrogen-bond donors (Lipinski definition) is 2. The summed E-state index contributed by atoms with van der Waals surface area (Å²) < 4.78 is 9.88. The van der Waals surface area contributed by atoms with Gasteiger partial charge in [-0.15, -0.1) is 0 Å². The van der Waals surface area contributed by atoms with Crippen LogP contribution < -0.4 is 15.4 Å². The number of rotatable bonds is 8. The molecule has 24 heavy (non-hydrogen) atoms. The Hall–Kier alpha value is -2.57. The zero-order valence-electron chi connectivity index (χ0n) is 13.8. The maximum atomic E-state index is 11.9. The van der Waals surface area contributed by atoms with Crippen LogP contribution >= 0.6 is 0 Å². The van der Waals surface area contributed by atoms with Gasteiger partial charge in [-0.1, -0.05) is 6.07 Å². The highest BCUT2D eigenvalue weighted by Gasteiger charge is 2.28. The Morgan fingerprint density at radius 3 is 2.71 bits per heavy atom. The molecule has 7 heteroatoms. The lowest BCUT2D eigenvalue weighted by Gasteiger charge is -2.12. The van der Waals surface area contributed by atoms with Crippen LogP contribution in [0, 0.1) is 5.92 Å². The molecule has 2 rings (SSSR count). The fourth-order valence-corrected chi connectivity index (χ4v) is 2.23.